The maximum Gasteiger partial charge on any atom is 0.329 e. The van der Waals surface area contributed by atoms with Crippen molar-refractivity contribution in [3.05, 3.63) is 12.2 Å². The molecule has 3 rings (SSSR count). The summed E-state index contributed by atoms with van der Waals surface area (Å²) in [6.07, 6.45) is 6.73. The van der Waals surface area contributed by atoms with Crippen LogP contribution in [0.4, 0.5) is 0 Å². The van der Waals surface area contributed by atoms with Crippen LogP contribution in [0, 0.1) is 11.8 Å². The lowest BCUT2D eigenvalue weighted by Gasteiger charge is -2.21. The van der Waals surface area contributed by atoms with Gasteiger partial charge in [0.2, 0.25) is 11.8 Å². The fourth-order valence-corrected chi connectivity index (χ4v) is 3.07. The Balaban J connectivity index is 1.57. The highest BCUT2D eigenvalue weighted by Crippen LogP contribution is 2.36. The molecule has 3 amide bonds. The SMILES string of the molecule is C[C@@H](C(=O)OCC(=O)NC1CC1)N1C(=O)[C@@H]2CC=CC[C@H]2C1=O. The summed E-state index contributed by atoms with van der Waals surface area (Å²) in [5, 5.41) is 2.70. The van der Waals surface area contributed by atoms with Gasteiger partial charge in [0.05, 0.1) is 11.8 Å². The first-order chi connectivity index (χ1) is 11.0. The van der Waals surface area contributed by atoms with Gasteiger partial charge in [0, 0.05) is 6.04 Å². The second-order valence-corrected chi connectivity index (χ2v) is 6.33. The number of ether oxygens (including phenoxy) is 1. The molecule has 1 N–H and O–H groups in total. The Morgan fingerprint density at radius 1 is 1.22 bits per heavy atom. The highest BCUT2D eigenvalue weighted by atomic mass is 16.5. The molecular weight excluding hydrogens is 300 g/mol. The molecule has 3 aliphatic rings. The summed E-state index contributed by atoms with van der Waals surface area (Å²) in [5.74, 6) is -2.48. The lowest BCUT2D eigenvalue weighted by molar-refractivity contribution is -0.159. The fourth-order valence-electron chi connectivity index (χ4n) is 3.07. The molecular formula is C16H20N2O5. The molecule has 7 heteroatoms. The van der Waals surface area contributed by atoms with Crippen LogP contribution >= 0.6 is 0 Å². The van der Waals surface area contributed by atoms with Crippen LogP contribution in [-0.2, 0) is 23.9 Å². The number of allylic oxidation sites excluding steroid dienone is 2. The Labute approximate surface area is 134 Å². The van der Waals surface area contributed by atoms with Crippen LogP contribution in [0.15, 0.2) is 12.2 Å². The second-order valence-electron chi connectivity index (χ2n) is 6.33. The quantitative estimate of drug-likeness (QED) is 0.442. The van der Waals surface area contributed by atoms with Crippen LogP contribution in [0.2, 0.25) is 0 Å². The molecule has 124 valence electrons. The minimum Gasteiger partial charge on any atom is -0.454 e. The van der Waals surface area contributed by atoms with Crippen molar-refractivity contribution in [1.82, 2.24) is 10.2 Å². The minimum atomic E-state index is -1.01. The van der Waals surface area contributed by atoms with Crippen molar-refractivity contribution < 1.29 is 23.9 Å². The first kappa shape index (κ1) is 15.7. The fraction of sp³-hybridized carbons (Fsp3) is 0.625. The van der Waals surface area contributed by atoms with E-state index in [1.807, 2.05) is 12.2 Å². The summed E-state index contributed by atoms with van der Waals surface area (Å²) >= 11 is 0. The number of carbonyl (C=O) groups is 4. The largest absolute Gasteiger partial charge is 0.454 e. The minimum absolute atomic E-state index is 0.191. The highest BCUT2D eigenvalue weighted by molar-refractivity contribution is 6.08. The monoisotopic (exact) mass is 320 g/mol. The average molecular weight is 320 g/mol. The number of amides is 3. The molecule has 0 aromatic heterocycles. The van der Waals surface area contributed by atoms with E-state index in [9.17, 15) is 19.2 Å². The molecule has 1 heterocycles. The average Bonchev–Trinajstić information content (AvgIpc) is 3.32. The van der Waals surface area contributed by atoms with Gasteiger partial charge in [-0.05, 0) is 32.6 Å². The Bertz CT molecular complexity index is 555. The third-order valence-corrected chi connectivity index (χ3v) is 4.56. The first-order valence-electron chi connectivity index (χ1n) is 7.97. The molecule has 1 aliphatic heterocycles. The van der Waals surface area contributed by atoms with Gasteiger partial charge in [0.25, 0.3) is 5.91 Å². The molecule has 2 aliphatic carbocycles. The van der Waals surface area contributed by atoms with Crippen molar-refractivity contribution in [2.24, 2.45) is 11.8 Å². The number of carbonyl (C=O) groups excluding carboxylic acids is 4. The maximum absolute atomic E-state index is 12.4. The smallest absolute Gasteiger partial charge is 0.329 e. The molecule has 0 spiro atoms. The summed E-state index contributed by atoms with van der Waals surface area (Å²) in [4.78, 5) is 49.3. The van der Waals surface area contributed by atoms with Gasteiger partial charge in [-0.1, -0.05) is 12.2 Å². The zero-order valence-electron chi connectivity index (χ0n) is 13.0. The number of fused-ring (bicyclic) bond motifs is 1. The van der Waals surface area contributed by atoms with E-state index in [4.69, 9.17) is 4.74 Å². The van der Waals surface area contributed by atoms with Gasteiger partial charge < -0.3 is 10.1 Å². The van der Waals surface area contributed by atoms with Gasteiger partial charge >= 0.3 is 5.97 Å². The predicted octanol–water partition coefficient (Wildman–Crippen LogP) is 0.148. The van der Waals surface area contributed by atoms with Crippen molar-refractivity contribution >= 4 is 23.7 Å². The van der Waals surface area contributed by atoms with Gasteiger partial charge in [0.1, 0.15) is 6.04 Å². The summed E-state index contributed by atoms with van der Waals surface area (Å²) in [5.41, 5.74) is 0. The van der Waals surface area contributed by atoms with Crippen molar-refractivity contribution in [3.63, 3.8) is 0 Å². The number of hydrogen-bond acceptors (Lipinski definition) is 5. The van der Waals surface area contributed by atoms with Crippen molar-refractivity contribution in [1.29, 1.82) is 0 Å². The lowest BCUT2D eigenvalue weighted by Crippen LogP contribution is -2.45. The zero-order chi connectivity index (χ0) is 16.6. The number of hydrogen-bond donors (Lipinski definition) is 1. The molecule has 2 fully saturated rings. The summed E-state index contributed by atoms with van der Waals surface area (Å²) in [6, 6.07) is -0.815. The first-order valence-corrected chi connectivity index (χ1v) is 7.97. The van der Waals surface area contributed by atoms with E-state index in [0.29, 0.717) is 12.8 Å². The number of nitrogens with one attached hydrogen (secondary N) is 1. The maximum atomic E-state index is 12.4. The lowest BCUT2D eigenvalue weighted by atomic mass is 9.85. The Morgan fingerprint density at radius 2 is 1.78 bits per heavy atom. The Hall–Kier alpha value is -2.18. The molecule has 0 aromatic carbocycles. The van der Waals surface area contributed by atoms with E-state index in [0.717, 1.165) is 17.7 Å². The van der Waals surface area contributed by atoms with E-state index in [1.54, 1.807) is 0 Å². The van der Waals surface area contributed by atoms with E-state index < -0.39 is 12.0 Å². The van der Waals surface area contributed by atoms with Crippen LogP contribution in [0.3, 0.4) is 0 Å². The predicted molar refractivity (Wildman–Crippen MR) is 78.8 cm³/mol. The number of rotatable bonds is 5. The van der Waals surface area contributed by atoms with E-state index in [1.165, 1.54) is 6.92 Å². The summed E-state index contributed by atoms with van der Waals surface area (Å²) in [7, 11) is 0. The van der Waals surface area contributed by atoms with E-state index >= 15 is 0 Å². The van der Waals surface area contributed by atoms with Crippen molar-refractivity contribution in [2.75, 3.05) is 6.61 Å². The Kier molecular flexibility index (Phi) is 4.19. The van der Waals surface area contributed by atoms with Crippen LogP contribution in [-0.4, -0.2) is 47.3 Å². The molecule has 0 bridgehead atoms. The van der Waals surface area contributed by atoms with E-state index in [-0.39, 0.29) is 42.2 Å². The highest BCUT2D eigenvalue weighted by Gasteiger charge is 2.50. The molecule has 3 atom stereocenters. The van der Waals surface area contributed by atoms with Crippen LogP contribution in [0.5, 0.6) is 0 Å². The van der Waals surface area contributed by atoms with Crippen LogP contribution < -0.4 is 5.32 Å². The molecule has 0 unspecified atom stereocenters. The number of imide groups is 1. The van der Waals surface area contributed by atoms with Crippen molar-refractivity contribution in [2.45, 2.75) is 44.7 Å². The van der Waals surface area contributed by atoms with Gasteiger partial charge in [-0.25, -0.2) is 4.79 Å². The van der Waals surface area contributed by atoms with Crippen molar-refractivity contribution in [3.8, 4) is 0 Å². The molecule has 7 nitrogen and oxygen atoms in total. The van der Waals surface area contributed by atoms with Gasteiger partial charge in [-0.3, -0.25) is 19.3 Å². The molecule has 0 aromatic rings. The van der Waals surface area contributed by atoms with Crippen LogP contribution in [0.1, 0.15) is 32.6 Å². The second kappa shape index (κ2) is 6.14. The molecule has 23 heavy (non-hydrogen) atoms. The number of esters is 1. The summed E-state index contributed by atoms with van der Waals surface area (Å²) in [6.45, 7) is 1.08. The third kappa shape index (κ3) is 3.13. The van der Waals surface area contributed by atoms with Gasteiger partial charge in [-0.15, -0.1) is 0 Å². The summed E-state index contributed by atoms with van der Waals surface area (Å²) < 4.78 is 4.94. The van der Waals surface area contributed by atoms with Gasteiger partial charge in [0.15, 0.2) is 6.61 Å². The van der Waals surface area contributed by atoms with Gasteiger partial charge in [-0.2, -0.15) is 0 Å². The molecule has 1 saturated carbocycles. The topological polar surface area (TPSA) is 92.8 Å². The zero-order valence-corrected chi connectivity index (χ0v) is 13.0. The van der Waals surface area contributed by atoms with Crippen LogP contribution in [0.25, 0.3) is 0 Å². The molecule has 0 radical (unpaired) electrons. The molecule has 1 saturated heterocycles. The standard InChI is InChI=1S/C16H20N2O5/c1-9(16(22)23-8-13(19)17-10-6-7-10)18-14(20)11-4-2-3-5-12(11)15(18)21/h2-3,9-12H,4-8H2,1H3,(H,17,19)/t9-,11+,12+/m0/s1. The van der Waals surface area contributed by atoms with E-state index in [2.05, 4.69) is 5.32 Å². The third-order valence-electron chi connectivity index (χ3n) is 4.56. The number of nitrogens with zero attached hydrogens (tertiary/aromatic N) is 1. The number of likely N-dealkylation sites (tertiary alicyclic amines) is 1. The Morgan fingerprint density at radius 3 is 2.30 bits per heavy atom. The normalized spacial score (nSPS) is 27.6.